The first-order valence-electron chi connectivity index (χ1n) is 9.23. The minimum atomic E-state index is -0.400. The number of nitrogens with one attached hydrogen (secondary N) is 2. The minimum absolute atomic E-state index is 0.101. The highest BCUT2D eigenvalue weighted by atomic mass is 16.5. The molecule has 0 saturated heterocycles. The Morgan fingerprint density at radius 1 is 1.20 bits per heavy atom. The molecule has 1 aliphatic rings. The number of fused-ring (bicyclic) bond motifs is 2. The van der Waals surface area contributed by atoms with Crippen LogP contribution in [0.4, 0.5) is 5.69 Å². The lowest BCUT2D eigenvalue weighted by atomic mass is 9.95. The first-order chi connectivity index (χ1) is 14.6. The Balaban J connectivity index is 1.84. The number of rotatable bonds is 4. The number of methoxy groups -OCH3 is 1. The van der Waals surface area contributed by atoms with Gasteiger partial charge in [-0.3, -0.25) is 0 Å². The van der Waals surface area contributed by atoms with Crippen LogP contribution in [-0.4, -0.2) is 32.5 Å². The second kappa shape index (κ2) is 6.73. The average molecular weight is 403 g/mol. The third-order valence-electron chi connectivity index (χ3n) is 5.35. The van der Waals surface area contributed by atoms with Crippen molar-refractivity contribution >= 4 is 16.7 Å². The summed E-state index contributed by atoms with van der Waals surface area (Å²) in [5.74, 6) is -0.440. The smallest absolute Gasteiger partial charge is 0.200 e. The summed E-state index contributed by atoms with van der Waals surface area (Å²) in [6.45, 7) is -0.101. The van der Waals surface area contributed by atoms with Crippen molar-refractivity contribution in [3.63, 3.8) is 0 Å². The number of phenols is 2. The zero-order valence-corrected chi connectivity index (χ0v) is 15.9. The highest BCUT2D eigenvalue weighted by Gasteiger charge is 2.29. The van der Waals surface area contributed by atoms with Crippen molar-refractivity contribution < 1.29 is 14.9 Å². The Hall–Kier alpha value is -4.14. The summed E-state index contributed by atoms with van der Waals surface area (Å²) in [6, 6.07) is 10.5. The molecule has 0 aliphatic carbocycles. The number of anilines is 1. The van der Waals surface area contributed by atoms with Crippen molar-refractivity contribution in [1.82, 2.24) is 15.2 Å². The Morgan fingerprint density at radius 2 is 2.03 bits per heavy atom. The molecule has 9 heteroatoms. The number of benzene rings is 2. The van der Waals surface area contributed by atoms with E-state index in [9.17, 15) is 15.1 Å². The van der Waals surface area contributed by atoms with E-state index in [1.54, 1.807) is 6.07 Å². The standard InChI is InChI=1S/C21H17N5O4/c1-30-16-7-10(6-15(27)20(16)28)19-12-8-22-21-18(12)17(14(9-23-29)25-26-21)11-4-2-3-5-13(11)24-19/h2-8,19,24,27-28H,9H2,1H3,(H,22,26). The molecule has 1 unspecified atom stereocenters. The number of nitroso groups, excluding NO2 is 1. The van der Waals surface area contributed by atoms with Crippen LogP contribution in [-0.2, 0) is 6.54 Å². The van der Waals surface area contributed by atoms with Gasteiger partial charge in [-0.25, -0.2) is 0 Å². The topological polar surface area (TPSA) is 133 Å². The molecule has 30 heavy (non-hydrogen) atoms. The number of nitrogens with zero attached hydrogens (tertiary/aromatic N) is 3. The van der Waals surface area contributed by atoms with Gasteiger partial charge in [-0.05, 0) is 23.8 Å². The average Bonchev–Trinajstić information content (AvgIpc) is 3.11. The molecule has 0 amide bonds. The van der Waals surface area contributed by atoms with E-state index < -0.39 is 6.04 Å². The fourth-order valence-electron chi connectivity index (χ4n) is 4.02. The molecule has 2 aromatic carbocycles. The van der Waals surface area contributed by atoms with Crippen LogP contribution in [0.1, 0.15) is 22.9 Å². The molecule has 0 spiro atoms. The number of hydrogen-bond donors (Lipinski definition) is 4. The number of aromatic hydroxyl groups is 2. The Kier molecular flexibility index (Phi) is 4.02. The van der Waals surface area contributed by atoms with E-state index in [1.807, 2.05) is 30.5 Å². The maximum atomic E-state index is 11.0. The highest BCUT2D eigenvalue weighted by Crippen LogP contribution is 2.47. The Bertz CT molecular complexity index is 1300. The van der Waals surface area contributed by atoms with Gasteiger partial charge in [0.1, 0.15) is 6.54 Å². The lowest BCUT2D eigenvalue weighted by Gasteiger charge is -2.20. The first-order valence-corrected chi connectivity index (χ1v) is 9.23. The van der Waals surface area contributed by atoms with Crippen molar-refractivity contribution in [2.24, 2.45) is 5.18 Å². The van der Waals surface area contributed by atoms with E-state index in [-0.39, 0.29) is 23.8 Å². The third-order valence-corrected chi connectivity index (χ3v) is 5.35. The fourth-order valence-corrected chi connectivity index (χ4v) is 4.02. The Morgan fingerprint density at radius 3 is 2.83 bits per heavy atom. The van der Waals surface area contributed by atoms with Gasteiger partial charge in [0.25, 0.3) is 0 Å². The molecule has 0 radical (unpaired) electrons. The van der Waals surface area contributed by atoms with Crippen LogP contribution in [0.2, 0.25) is 0 Å². The summed E-state index contributed by atoms with van der Waals surface area (Å²) in [5.41, 5.74) is 5.08. The van der Waals surface area contributed by atoms with Gasteiger partial charge in [0.2, 0.25) is 5.75 Å². The van der Waals surface area contributed by atoms with Gasteiger partial charge in [-0.2, -0.15) is 10.0 Å². The monoisotopic (exact) mass is 403 g/mol. The summed E-state index contributed by atoms with van der Waals surface area (Å²) in [7, 11) is 1.42. The number of hydrogen-bond acceptors (Lipinski definition) is 8. The second-order valence-electron chi connectivity index (χ2n) is 6.99. The number of aromatic amines is 1. The lowest BCUT2D eigenvalue weighted by molar-refractivity contribution is 0.350. The first kappa shape index (κ1) is 17.9. The molecule has 4 N–H and O–H groups in total. The zero-order valence-electron chi connectivity index (χ0n) is 15.9. The van der Waals surface area contributed by atoms with Gasteiger partial charge in [0.15, 0.2) is 17.1 Å². The van der Waals surface area contributed by atoms with Crippen LogP contribution >= 0.6 is 0 Å². The zero-order chi connectivity index (χ0) is 20.8. The SMILES string of the molecule is COc1cc(C2Nc3ccccc3-c3c(CN=O)nnc4[nH]cc2c34)cc(O)c1O. The van der Waals surface area contributed by atoms with Gasteiger partial charge < -0.3 is 25.3 Å². The molecule has 150 valence electrons. The highest BCUT2D eigenvalue weighted by molar-refractivity contribution is 6.02. The number of ether oxygens (including phenoxy) is 1. The molecule has 1 aliphatic heterocycles. The molecule has 4 aromatic rings. The lowest BCUT2D eigenvalue weighted by Crippen LogP contribution is -2.11. The van der Waals surface area contributed by atoms with Crippen molar-refractivity contribution in [3.05, 3.63) is 64.3 Å². The van der Waals surface area contributed by atoms with Crippen molar-refractivity contribution in [3.8, 4) is 28.4 Å². The number of H-pyrrole nitrogens is 1. The van der Waals surface area contributed by atoms with Gasteiger partial charge in [0, 0.05) is 34.0 Å². The minimum Gasteiger partial charge on any atom is -0.504 e. The quantitative estimate of drug-likeness (QED) is 0.301. The normalized spacial score (nSPS) is 14.6. The van der Waals surface area contributed by atoms with Gasteiger partial charge in [-0.1, -0.05) is 23.4 Å². The van der Waals surface area contributed by atoms with E-state index >= 15 is 0 Å². The summed E-state index contributed by atoms with van der Waals surface area (Å²) in [5, 5.41) is 36.0. The van der Waals surface area contributed by atoms with E-state index in [4.69, 9.17) is 4.74 Å². The summed E-state index contributed by atoms with van der Waals surface area (Å²) < 4.78 is 5.22. The van der Waals surface area contributed by atoms with Crippen LogP contribution in [0.5, 0.6) is 17.2 Å². The fraction of sp³-hybridized carbons (Fsp3) is 0.143. The van der Waals surface area contributed by atoms with Crippen molar-refractivity contribution in [1.29, 1.82) is 0 Å². The molecular weight excluding hydrogens is 386 g/mol. The maximum Gasteiger partial charge on any atom is 0.200 e. The van der Waals surface area contributed by atoms with E-state index in [2.05, 4.69) is 25.7 Å². The number of aromatic nitrogens is 3. The molecule has 0 saturated carbocycles. The van der Waals surface area contributed by atoms with Gasteiger partial charge in [0.05, 0.1) is 18.8 Å². The second-order valence-corrected chi connectivity index (χ2v) is 6.99. The number of para-hydroxylation sites is 1. The number of phenolic OH excluding ortho intramolecular Hbond substituents is 2. The van der Waals surface area contributed by atoms with E-state index in [0.717, 1.165) is 27.8 Å². The Labute approximate surface area is 170 Å². The summed E-state index contributed by atoms with van der Waals surface area (Å²) in [4.78, 5) is 14.2. The molecule has 5 rings (SSSR count). The van der Waals surface area contributed by atoms with Crippen LogP contribution in [0.15, 0.2) is 47.8 Å². The third kappa shape index (κ3) is 2.55. The van der Waals surface area contributed by atoms with Crippen LogP contribution in [0.25, 0.3) is 22.2 Å². The molecule has 0 fully saturated rings. The molecular formula is C21H17N5O4. The molecule has 2 aromatic heterocycles. The van der Waals surface area contributed by atoms with Crippen molar-refractivity contribution in [2.75, 3.05) is 12.4 Å². The van der Waals surface area contributed by atoms with Crippen molar-refractivity contribution in [2.45, 2.75) is 12.6 Å². The largest absolute Gasteiger partial charge is 0.504 e. The predicted molar refractivity (Wildman–Crippen MR) is 111 cm³/mol. The van der Waals surface area contributed by atoms with E-state index in [0.29, 0.717) is 16.9 Å². The van der Waals surface area contributed by atoms with Gasteiger partial charge >= 0.3 is 0 Å². The predicted octanol–water partition coefficient (Wildman–Crippen LogP) is 3.83. The molecule has 1 atom stereocenters. The van der Waals surface area contributed by atoms with Crippen LogP contribution < -0.4 is 10.1 Å². The van der Waals surface area contributed by atoms with Gasteiger partial charge in [-0.15, -0.1) is 5.10 Å². The molecule has 9 nitrogen and oxygen atoms in total. The molecule has 3 heterocycles. The van der Waals surface area contributed by atoms with Crippen LogP contribution in [0.3, 0.4) is 0 Å². The summed E-state index contributed by atoms with van der Waals surface area (Å²) in [6.07, 6.45) is 1.82. The van der Waals surface area contributed by atoms with E-state index in [1.165, 1.54) is 13.2 Å². The summed E-state index contributed by atoms with van der Waals surface area (Å²) >= 11 is 0. The molecule has 0 bridgehead atoms. The maximum absolute atomic E-state index is 11.0. The van der Waals surface area contributed by atoms with Crippen LogP contribution in [0, 0.1) is 4.91 Å².